The number of aromatic nitrogens is 2. The summed E-state index contributed by atoms with van der Waals surface area (Å²) in [4.78, 5) is 20.6. The van der Waals surface area contributed by atoms with Crippen molar-refractivity contribution < 1.29 is 0 Å². The van der Waals surface area contributed by atoms with Gasteiger partial charge in [0.15, 0.2) is 5.16 Å². The average molecular weight is 396 g/mol. The van der Waals surface area contributed by atoms with Crippen LogP contribution < -0.4 is 5.56 Å². The molecule has 0 N–H and O–H groups in total. The maximum atomic E-state index is 13.5. The highest BCUT2D eigenvalue weighted by molar-refractivity contribution is 7.99. The Balaban J connectivity index is 1.93. The molecule has 0 amide bonds. The van der Waals surface area contributed by atoms with Crippen LogP contribution in [0, 0.1) is 24.2 Å². The molecule has 27 heavy (non-hydrogen) atoms. The number of thioether (sulfide) groups is 1. The fraction of sp³-hybridized carbons (Fsp3) is 0.381. The van der Waals surface area contributed by atoms with Gasteiger partial charge >= 0.3 is 0 Å². The number of nitrogens with zero attached hydrogens (tertiary/aromatic N) is 3. The Labute approximate surface area is 166 Å². The molecule has 1 atom stereocenters. The number of hydrogen-bond donors (Lipinski definition) is 0. The van der Waals surface area contributed by atoms with Crippen molar-refractivity contribution in [3.63, 3.8) is 0 Å². The average Bonchev–Trinajstić information content (AvgIpc) is 3.05. The van der Waals surface area contributed by atoms with E-state index in [0.29, 0.717) is 10.9 Å². The summed E-state index contributed by atoms with van der Waals surface area (Å²) in [6.45, 7) is 3.93. The first-order chi connectivity index (χ1) is 13.1. The Hall–Kier alpha value is -2.10. The number of fused-ring (bicyclic) bond motifs is 3. The van der Waals surface area contributed by atoms with E-state index in [1.807, 2.05) is 38.1 Å². The normalized spacial score (nSPS) is 14.7. The number of rotatable bonds is 4. The molecule has 0 bridgehead atoms. The van der Waals surface area contributed by atoms with Crippen LogP contribution in [0.25, 0.3) is 15.9 Å². The third kappa shape index (κ3) is 3.42. The highest BCUT2D eigenvalue weighted by Crippen LogP contribution is 2.35. The highest BCUT2D eigenvalue weighted by atomic mass is 32.2. The highest BCUT2D eigenvalue weighted by Gasteiger charge is 2.23. The lowest BCUT2D eigenvalue weighted by Gasteiger charge is -2.14. The topological polar surface area (TPSA) is 58.7 Å². The summed E-state index contributed by atoms with van der Waals surface area (Å²) in [5.74, 6) is 0.524. The van der Waals surface area contributed by atoms with E-state index in [-0.39, 0.29) is 11.5 Å². The lowest BCUT2D eigenvalue weighted by molar-refractivity contribution is 0.699. The van der Waals surface area contributed by atoms with Crippen LogP contribution in [0.2, 0.25) is 0 Å². The zero-order valence-corrected chi connectivity index (χ0v) is 17.1. The smallest absolute Gasteiger partial charge is 0.267 e. The van der Waals surface area contributed by atoms with Crippen molar-refractivity contribution in [2.75, 3.05) is 5.75 Å². The number of hydrogen-bond acceptors (Lipinski definition) is 5. The molecule has 0 saturated heterocycles. The quantitative estimate of drug-likeness (QED) is 0.466. The second-order valence-corrected chi connectivity index (χ2v) is 9.17. The monoisotopic (exact) mass is 395 g/mol. The van der Waals surface area contributed by atoms with Gasteiger partial charge in [-0.1, -0.05) is 29.5 Å². The van der Waals surface area contributed by atoms with E-state index in [0.717, 1.165) is 40.7 Å². The van der Waals surface area contributed by atoms with Gasteiger partial charge < -0.3 is 0 Å². The molecule has 1 aliphatic carbocycles. The van der Waals surface area contributed by atoms with Crippen molar-refractivity contribution in [2.45, 2.75) is 44.7 Å². The standard InChI is InChI=1S/C21H21N3OS2/c1-13-7-9-15(10-8-13)24-20(25)18-16-5-3-4-6-17(16)27-19(18)23-21(24)26-12-14(2)11-22/h7-10,14H,3-6,12H2,1-2H3/t14-/m0/s1. The molecular weight excluding hydrogens is 374 g/mol. The third-order valence-corrected chi connectivity index (χ3v) is 7.32. The van der Waals surface area contributed by atoms with Crippen molar-refractivity contribution in [1.82, 2.24) is 9.55 Å². The van der Waals surface area contributed by atoms with E-state index in [1.54, 1.807) is 15.9 Å². The van der Waals surface area contributed by atoms with Gasteiger partial charge in [0, 0.05) is 10.6 Å². The van der Waals surface area contributed by atoms with Gasteiger partial charge in [-0.05, 0) is 57.2 Å². The van der Waals surface area contributed by atoms with Gasteiger partial charge in [0.05, 0.1) is 23.1 Å². The molecule has 1 aliphatic rings. The van der Waals surface area contributed by atoms with Crippen LogP contribution in [-0.2, 0) is 12.8 Å². The molecule has 0 unspecified atom stereocenters. The van der Waals surface area contributed by atoms with Crippen LogP contribution in [0.1, 0.15) is 35.8 Å². The van der Waals surface area contributed by atoms with Crippen LogP contribution >= 0.6 is 23.1 Å². The minimum absolute atomic E-state index is 0.0235. The molecule has 0 radical (unpaired) electrons. The third-order valence-electron chi connectivity index (χ3n) is 4.93. The Morgan fingerprint density at radius 2 is 2.04 bits per heavy atom. The maximum Gasteiger partial charge on any atom is 0.267 e. The minimum atomic E-state index is -0.0920. The number of benzene rings is 1. The van der Waals surface area contributed by atoms with Crippen molar-refractivity contribution in [1.29, 1.82) is 5.26 Å². The summed E-state index contributed by atoms with van der Waals surface area (Å²) < 4.78 is 1.73. The maximum absolute atomic E-state index is 13.5. The van der Waals surface area contributed by atoms with Gasteiger partial charge in [-0.25, -0.2) is 4.98 Å². The predicted molar refractivity (Wildman–Crippen MR) is 112 cm³/mol. The zero-order valence-electron chi connectivity index (χ0n) is 15.5. The number of aryl methyl sites for hydroxylation is 3. The Kier molecular flexibility index (Phi) is 5.07. The van der Waals surface area contributed by atoms with E-state index in [4.69, 9.17) is 10.2 Å². The van der Waals surface area contributed by atoms with E-state index in [9.17, 15) is 4.79 Å². The van der Waals surface area contributed by atoms with Gasteiger partial charge in [0.2, 0.25) is 0 Å². The van der Waals surface area contributed by atoms with Gasteiger partial charge in [-0.15, -0.1) is 11.3 Å². The number of nitriles is 1. The summed E-state index contributed by atoms with van der Waals surface area (Å²) in [5, 5.41) is 10.6. The van der Waals surface area contributed by atoms with Gasteiger partial charge in [0.1, 0.15) is 4.83 Å². The molecule has 2 aromatic heterocycles. The first kappa shape index (κ1) is 18.3. The second-order valence-electron chi connectivity index (χ2n) is 7.10. The van der Waals surface area contributed by atoms with Gasteiger partial charge in [-0.3, -0.25) is 9.36 Å². The van der Waals surface area contributed by atoms with Crippen molar-refractivity contribution in [3.05, 3.63) is 50.6 Å². The fourth-order valence-electron chi connectivity index (χ4n) is 3.44. The van der Waals surface area contributed by atoms with Crippen LogP contribution in [0.3, 0.4) is 0 Å². The van der Waals surface area contributed by atoms with Crippen LogP contribution in [0.15, 0.2) is 34.2 Å². The first-order valence-corrected chi connectivity index (χ1v) is 11.1. The molecule has 3 aromatic rings. The van der Waals surface area contributed by atoms with Crippen molar-refractivity contribution >= 4 is 33.3 Å². The van der Waals surface area contributed by atoms with Crippen LogP contribution in [0.4, 0.5) is 0 Å². The molecule has 0 spiro atoms. The molecule has 4 rings (SSSR count). The zero-order chi connectivity index (χ0) is 19.0. The molecule has 138 valence electrons. The van der Waals surface area contributed by atoms with E-state index in [2.05, 4.69) is 6.07 Å². The molecule has 4 nitrogen and oxygen atoms in total. The van der Waals surface area contributed by atoms with E-state index < -0.39 is 0 Å². The molecule has 0 fully saturated rings. The fourth-order valence-corrected chi connectivity index (χ4v) is 5.70. The number of thiophene rings is 1. The van der Waals surface area contributed by atoms with E-state index >= 15 is 0 Å². The lowest BCUT2D eigenvalue weighted by atomic mass is 9.97. The molecule has 2 heterocycles. The van der Waals surface area contributed by atoms with Gasteiger partial charge in [-0.2, -0.15) is 5.26 Å². The van der Waals surface area contributed by atoms with Crippen LogP contribution in [0.5, 0.6) is 0 Å². The summed E-state index contributed by atoms with van der Waals surface area (Å²) >= 11 is 3.16. The summed E-state index contributed by atoms with van der Waals surface area (Å²) in [6.07, 6.45) is 4.35. The van der Waals surface area contributed by atoms with Crippen LogP contribution in [-0.4, -0.2) is 15.3 Å². The Morgan fingerprint density at radius 1 is 1.30 bits per heavy atom. The predicted octanol–water partition coefficient (Wildman–Crippen LogP) is 4.89. The minimum Gasteiger partial charge on any atom is -0.268 e. The first-order valence-electron chi connectivity index (χ1n) is 9.25. The summed E-state index contributed by atoms with van der Waals surface area (Å²) in [5.41, 5.74) is 3.22. The Morgan fingerprint density at radius 3 is 2.78 bits per heavy atom. The van der Waals surface area contributed by atoms with E-state index in [1.165, 1.54) is 28.6 Å². The van der Waals surface area contributed by atoms with Gasteiger partial charge in [0.25, 0.3) is 5.56 Å². The molecule has 0 saturated carbocycles. The summed E-state index contributed by atoms with van der Waals surface area (Å²) in [7, 11) is 0. The SMILES string of the molecule is Cc1ccc(-n2c(SC[C@@H](C)C#N)nc3sc4c(c3c2=O)CCCC4)cc1. The lowest BCUT2D eigenvalue weighted by Crippen LogP contribution is -2.22. The molecule has 0 aliphatic heterocycles. The Bertz CT molecular complexity index is 1090. The molecular formula is C21H21N3OS2. The molecule has 1 aromatic carbocycles. The largest absolute Gasteiger partial charge is 0.268 e. The van der Waals surface area contributed by atoms with Crippen molar-refractivity contribution in [2.24, 2.45) is 5.92 Å². The molecule has 6 heteroatoms. The second kappa shape index (κ2) is 7.49. The van der Waals surface area contributed by atoms with Crippen molar-refractivity contribution in [3.8, 4) is 11.8 Å². The summed E-state index contributed by atoms with van der Waals surface area (Å²) in [6, 6.07) is 10.2.